The quantitative estimate of drug-likeness (QED) is 0.453. The molecule has 3 aromatic heterocycles. The average Bonchev–Trinajstić information content (AvgIpc) is 3.46. The van der Waals surface area contributed by atoms with Gasteiger partial charge in [-0.3, -0.25) is 4.79 Å². The van der Waals surface area contributed by atoms with Gasteiger partial charge < -0.3 is 14.4 Å². The van der Waals surface area contributed by atoms with Crippen molar-refractivity contribution in [2.45, 2.75) is 6.42 Å². The fourth-order valence-corrected chi connectivity index (χ4v) is 4.03. The number of amides is 1. The summed E-state index contributed by atoms with van der Waals surface area (Å²) in [5.41, 5.74) is 3.03. The number of carbonyl (C=O) groups is 1. The van der Waals surface area contributed by atoms with E-state index in [9.17, 15) is 4.79 Å². The van der Waals surface area contributed by atoms with Gasteiger partial charge in [0.2, 0.25) is 0 Å². The highest BCUT2D eigenvalue weighted by molar-refractivity contribution is 7.13. The van der Waals surface area contributed by atoms with Gasteiger partial charge in [0.25, 0.3) is 5.91 Å². The number of ether oxygens (including phenoxy) is 2. The lowest BCUT2D eigenvalue weighted by Crippen LogP contribution is -2.28. The van der Waals surface area contributed by atoms with E-state index < -0.39 is 0 Å². The Kier molecular flexibility index (Phi) is 5.67. The van der Waals surface area contributed by atoms with E-state index in [2.05, 4.69) is 10.1 Å². The molecule has 0 N–H and O–H groups in total. The van der Waals surface area contributed by atoms with Crippen molar-refractivity contribution in [3.8, 4) is 22.1 Å². The Morgan fingerprint density at radius 3 is 2.73 bits per heavy atom. The molecule has 0 bridgehead atoms. The molecule has 3 heterocycles. The topological polar surface area (TPSA) is 69.0 Å². The first kappa shape index (κ1) is 19.9. The van der Waals surface area contributed by atoms with Crippen LogP contribution in [0, 0.1) is 0 Å². The fourth-order valence-electron chi connectivity index (χ4n) is 3.29. The van der Waals surface area contributed by atoms with Gasteiger partial charge in [-0.2, -0.15) is 5.10 Å². The van der Waals surface area contributed by atoms with Crippen LogP contribution in [0.15, 0.2) is 54.2 Å². The first-order chi connectivity index (χ1) is 14.6. The lowest BCUT2D eigenvalue weighted by molar-refractivity contribution is 0.0798. The zero-order valence-electron chi connectivity index (χ0n) is 17.0. The molecule has 0 radical (unpaired) electrons. The van der Waals surface area contributed by atoms with E-state index in [1.807, 2.05) is 41.8 Å². The maximum atomic E-state index is 13.1. The SMILES string of the molecule is COc1ccc(CCN(C)C(=O)c2cnn3c(-c4cccs4)ccnc23)cc1OC. The first-order valence-corrected chi connectivity index (χ1v) is 10.3. The summed E-state index contributed by atoms with van der Waals surface area (Å²) in [6.45, 7) is 0.552. The van der Waals surface area contributed by atoms with E-state index in [0.717, 1.165) is 16.1 Å². The lowest BCUT2D eigenvalue weighted by Gasteiger charge is -2.17. The van der Waals surface area contributed by atoms with Crippen LogP contribution in [-0.4, -0.2) is 53.2 Å². The van der Waals surface area contributed by atoms with E-state index in [-0.39, 0.29) is 5.91 Å². The van der Waals surface area contributed by atoms with Crippen molar-refractivity contribution < 1.29 is 14.3 Å². The molecule has 30 heavy (non-hydrogen) atoms. The number of rotatable bonds is 7. The predicted octanol–water partition coefficient (Wildman–Crippen LogP) is 3.79. The summed E-state index contributed by atoms with van der Waals surface area (Å²) in [4.78, 5) is 20.2. The molecule has 0 aliphatic heterocycles. The van der Waals surface area contributed by atoms with Crippen LogP contribution in [0.25, 0.3) is 16.2 Å². The molecule has 7 nitrogen and oxygen atoms in total. The number of aromatic nitrogens is 3. The Hall–Kier alpha value is -3.39. The van der Waals surface area contributed by atoms with Crippen molar-refractivity contribution >= 4 is 22.9 Å². The van der Waals surface area contributed by atoms with E-state index in [4.69, 9.17) is 9.47 Å². The minimum atomic E-state index is -0.110. The van der Waals surface area contributed by atoms with Gasteiger partial charge in [0.15, 0.2) is 17.1 Å². The van der Waals surface area contributed by atoms with Crippen LogP contribution in [0.5, 0.6) is 11.5 Å². The van der Waals surface area contributed by atoms with E-state index in [0.29, 0.717) is 35.7 Å². The third-order valence-electron chi connectivity index (χ3n) is 4.94. The normalized spacial score (nSPS) is 10.9. The summed E-state index contributed by atoms with van der Waals surface area (Å²) >= 11 is 1.62. The maximum Gasteiger partial charge on any atom is 0.259 e. The van der Waals surface area contributed by atoms with Crippen molar-refractivity contribution in [1.29, 1.82) is 0 Å². The third kappa shape index (κ3) is 3.73. The molecule has 0 saturated heterocycles. The van der Waals surface area contributed by atoms with Crippen molar-refractivity contribution in [1.82, 2.24) is 19.5 Å². The monoisotopic (exact) mass is 422 g/mol. The zero-order chi connectivity index (χ0) is 21.1. The van der Waals surface area contributed by atoms with Crippen molar-refractivity contribution in [2.24, 2.45) is 0 Å². The molecule has 0 aliphatic carbocycles. The standard InChI is InChI=1S/C22H22N4O3S/c1-25(11-9-15-6-7-18(28-2)19(13-15)29-3)22(27)16-14-24-26-17(8-10-23-21(16)26)20-5-4-12-30-20/h4-8,10,12-14H,9,11H2,1-3H3. The van der Waals surface area contributed by atoms with E-state index in [1.165, 1.54) is 0 Å². The van der Waals surface area contributed by atoms with Gasteiger partial charge in [0.05, 0.1) is 31.0 Å². The number of benzene rings is 1. The fraction of sp³-hybridized carbons (Fsp3) is 0.227. The second kappa shape index (κ2) is 8.54. The Labute approximate surface area is 178 Å². The lowest BCUT2D eigenvalue weighted by atomic mass is 10.1. The number of likely N-dealkylation sites (N-methyl/N-ethyl adjacent to an activating group) is 1. The summed E-state index contributed by atoms with van der Waals surface area (Å²) in [5.74, 6) is 1.25. The number of methoxy groups -OCH3 is 2. The van der Waals surface area contributed by atoms with Gasteiger partial charge in [0, 0.05) is 19.8 Å². The highest BCUT2D eigenvalue weighted by Crippen LogP contribution is 2.28. The highest BCUT2D eigenvalue weighted by atomic mass is 32.1. The summed E-state index contributed by atoms with van der Waals surface area (Å²) in [6, 6.07) is 11.7. The van der Waals surface area contributed by atoms with Crippen LogP contribution in [0.1, 0.15) is 15.9 Å². The Bertz CT molecular complexity index is 1170. The van der Waals surface area contributed by atoms with Gasteiger partial charge in [0.1, 0.15) is 5.56 Å². The second-order valence-corrected chi connectivity index (χ2v) is 7.71. The van der Waals surface area contributed by atoms with Crippen LogP contribution in [0.3, 0.4) is 0 Å². The molecular weight excluding hydrogens is 400 g/mol. The Morgan fingerprint density at radius 2 is 2.00 bits per heavy atom. The van der Waals surface area contributed by atoms with E-state index in [1.54, 1.807) is 54.4 Å². The number of thiophene rings is 1. The number of hydrogen-bond acceptors (Lipinski definition) is 6. The van der Waals surface area contributed by atoms with Crippen LogP contribution in [0.2, 0.25) is 0 Å². The number of hydrogen-bond donors (Lipinski definition) is 0. The summed E-state index contributed by atoms with van der Waals surface area (Å²) in [7, 11) is 5.01. The Morgan fingerprint density at radius 1 is 1.17 bits per heavy atom. The molecule has 1 aromatic carbocycles. The summed E-state index contributed by atoms with van der Waals surface area (Å²) in [5, 5.41) is 6.43. The molecule has 0 fully saturated rings. The minimum Gasteiger partial charge on any atom is -0.493 e. The van der Waals surface area contributed by atoms with Gasteiger partial charge in [-0.05, 0) is 41.6 Å². The van der Waals surface area contributed by atoms with Gasteiger partial charge in [-0.15, -0.1) is 11.3 Å². The summed E-state index contributed by atoms with van der Waals surface area (Å²) < 4.78 is 12.4. The van der Waals surface area contributed by atoms with E-state index >= 15 is 0 Å². The smallest absolute Gasteiger partial charge is 0.259 e. The van der Waals surface area contributed by atoms with Crippen LogP contribution < -0.4 is 9.47 Å². The average molecular weight is 423 g/mol. The van der Waals surface area contributed by atoms with Crippen molar-refractivity contribution in [3.63, 3.8) is 0 Å². The molecule has 154 valence electrons. The third-order valence-corrected chi connectivity index (χ3v) is 5.83. The molecule has 0 aliphatic rings. The molecular formula is C22H22N4O3S. The number of fused-ring (bicyclic) bond motifs is 1. The molecule has 0 spiro atoms. The van der Waals surface area contributed by atoms with Gasteiger partial charge >= 0.3 is 0 Å². The molecule has 0 atom stereocenters. The van der Waals surface area contributed by atoms with Crippen LogP contribution >= 0.6 is 11.3 Å². The summed E-state index contributed by atoms with van der Waals surface area (Å²) in [6.07, 6.45) is 4.00. The minimum absolute atomic E-state index is 0.110. The number of nitrogens with zero attached hydrogens (tertiary/aromatic N) is 4. The molecule has 4 rings (SSSR count). The number of carbonyl (C=O) groups excluding carboxylic acids is 1. The van der Waals surface area contributed by atoms with Crippen LogP contribution in [-0.2, 0) is 6.42 Å². The zero-order valence-corrected chi connectivity index (χ0v) is 17.8. The first-order valence-electron chi connectivity index (χ1n) is 9.45. The van der Waals surface area contributed by atoms with Crippen LogP contribution in [0.4, 0.5) is 0 Å². The molecule has 0 saturated carbocycles. The largest absolute Gasteiger partial charge is 0.493 e. The highest BCUT2D eigenvalue weighted by Gasteiger charge is 2.19. The molecule has 0 unspecified atom stereocenters. The maximum absolute atomic E-state index is 13.1. The van der Waals surface area contributed by atoms with Crippen molar-refractivity contribution in [2.75, 3.05) is 27.8 Å². The van der Waals surface area contributed by atoms with Gasteiger partial charge in [-0.1, -0.05) is 12.1 Å². The predicted molar refractivity (Wildman–Crippen MR) is 117 cm³/mol. The Balaban J connectivity index is 1.52. The second-order valence-electron chi connectivity index (χ2n) is 6.77. The molecule has 8 heteroatoms. The van der Waals surface area contributed by atoms with Crippen molar-refractivity contribution in [3.05, 3.63) is 65.3 Å². The molecule has 4 aromatic rings. The molecule has 1 amide bonds. The van der Waals surface area contributed by atoms with Gasteiger partial charge in [-0.25, -0.2) is 9.50 Å².